The van der Waals surface area contributed by atoms with E-state index in [0.717, 1.165) is 10.0 Å². The predicted octanol–water partition coefficient (Wildman–Crippen LogP) is 3.53. The molecule has 0 atom stereocenters. The van der Waals surface area contributed by atoms with Gasteiger partial charge >= 0.3 is 0 Å². The normalized spacial score (nSPS) is 10.2. The molecule has 0 fully saturated rings. The summed E-state index contributed by atoms with van der Waals surface area (Å²) >= 11 is 3.38. The minimum atomic E-state index is -0.450. The van der Waals surface area contributed by atoms with Gasteiger partial charge in [-0.1, -0.05) is 22.0 Å². The van der Waals surface area contributed by atoms with E-state index in [2.05, 4.69) is 21.4 Å². The molecule has 2 aromatic rings. The van der Waals surface area contributed by atoms with Gasteiger partial charge in [-0.3, -0.25) is 16.0 Å². The van der Waals surface area contributed by atoms with Crippen molar-refractivity contribution in [3.63, 3.8) is 0 Å². The molecule has 6 nitrogen and oxygen atoms in total. The SMILES string of the molecule is Cc1ccc(Br)cc1OCc1cc([N+](=O)[O-])ccc1NN. The quantitative estimate of drug-likeness (QED) is 0.488. The Morgan fingerprint density at radius 3 is 2.76 bits per heavy atom. The maximum atomic E-state index is 10.8. The van der Waals surface area contributed by atoms with E-state index in [-0.39, 0.29) is 12.3 Å². The smallest absolute Gasteiger partial charge is 0.269 e. The maximum Gasteiger partial charge on any atom is 0.269 e. The van der Waals surface area contributed by atoms with Crippen LogP contribution in [0.3, 0.4) is 0 Å². The number of nitro groups is 1. The van der Waals surface area contributed by atoms with Crippen LogP contribution in [0, 0.1) is 17.0 Å². The summed E-state index contributed by atoms with van der Waals surface area (Å²) in [6.45, 7) is 2.11. The van der Waals surface area contributed by atoms with Crippen LogP contribution in [0.4, 0.5) is 11.4 Å². The molecule has 3 N–H and O–H groups in total. The molecule has 21 heavy (non-hydrogen) atoms. The number of non-ortho nitro benzene ring substituents is 1. The molecule has 110 valence electrons. The van der Waals surface area contributed by atoms with Gasteiger partial charge in [0.05, 0.1) is 10.6 Å². The maximum absolute atomic E-state index is 10.8. The van der Waals surface area contributed by atoms with Gasteiger partial charge in [0.15, 0.2) is 0 Å². The molecule has 7 heteroatoms. The Hall–Kier alpha value is -2.12. The summed E-state index contributed by atoms with van der Waals surface area (Å²) in [6, 6.07) is 10.1. The summed E-state index contributed by atoms with van der Waals surface area (Å²) in [7, 11) is 0. The lowest BCUT2D eigenvalue weighted by molar-refractivity contribution is -0.384. The summed E-state index contributed by atoms with van der Waals surface area (Å²) in [6.07, 6.45) is 0. The van der Waals surface area contributed by atoms with Gasteiger partial charge in [0.2, 0.25) is 0 Å². The Kier molecular flexibility index (Phi) is 4.77. The zero-order chi connectivity index (χ0) is 15.4. The Bertz CT molecular complexity index is 677. The summed E-state index contributed by atoms with van der Waals surface area (Å²) in [5, 5.41) is 10.8. The van der Waals surface area contributed by atoms with E-state index in [1.54, 1.807) is 6.07 Å². The molecule has 0 aliphatic heterocycles. The third-order valence-corrected chi connectivity index (χ3v) is 3.48. The van der Waals surface area contributed by atoms with Crippen LogP contribution in [0.15, 0.2) is 40.9 Å². The second-order valence-electron chi connectivity index (χ2n) is 4.44. The molecule has 0 aliphatic rings. The average molecular weight is 352 g/mol. The summed E-state index contributed by atoms with van der Waals surface area (Å²) in [5.41, 5.74) is 4.70. The topological polar surface area (TPSA) is 90.4 Å². The fourth-order valence-electron chi connectivity index (χ4n) is 1.84. The highest BCUT2D eigenvalue weighted by Gasteiger charge is 2.11. The molecule has 0 bridgehead atoms. The fourth-order valence-corrected chi connectivity index (χ4v) is 2.18. The molecule has 0 spiro atoms. The van der Waals surface area contributed by atoms with E-state index >= 15 is 0 Å². The van der Waals surface area contributed by atoms with Gasteiger partial charge < -0.3 is 10.2 Å². The summed E-state index contributed by atoms with van der Waals surface area (Å²) < 4.78 is 6.63. The minimum Gasteiger partial charge on any atom is -0.489 e. The van der Waals surface area contributed by atoms with Gasteiger partial charge in [0.25, 0.3) is 5.69 Å². The average Bonchev–Trinajstić information content (AvgIpc) is 2.47. The number of hydrogen-bond donors (Lipinski definition) is 2. The highest BCUT2D eigenvalue weighted by Crippen LogP contribution is 2.26. The number of nitro benzene ring substituents is 1. The van der Waals surface area contributed by atoms with Gasteiger partial charge in [0, 0.05) is 22.2 Å². The number of anilines is 1. The first-order valence-corrected chi connectivity index (χ1v) is 6.93. The Morgan fingerprint density at radius 1 is 1.33 bits per heavy atom. The summed E-state index contributed by atoms with van der Waals surface area (Å²) in [4.78, 5) is 10.4. The number of hydrazine groups is 1. The third-order valence-electron chi connectivity index (χ3n) is 2.99. The lowest BCUT2D eigenvalue weighted by Gasteiger charge is -2.12. The molecule has 2 rings (SSSR count). The van der Waals surface area contributed by atoms with Crippen LogP contribution in [0.5, 0.6) is 5.75 Å². The van der Waals surface area contributed by atoms with Gasteiger partial charge in [-0.2, -0.15) is 0 Å². The number of nitrogens with two attached hydrogens (primary N) is 1. The highest BCUT2D eigenvalue weighted by atomic mass is 79.9. The van der Waals surface area contributed by atoms with Crippen molar-refractivity contribution >= 4 is 27.3 Å². The lowest BCUT2D eigenvalue weighted by atomic mass is 10.1. The van der Waals surface area contributed by atoms with Crippen molar-refractivity contribution in [3.8, 4) is 5.75 Å². The predicted molar refractivity (Wildman–Crippen MR) is 84.1 cm³/mol. The molecular formula is C14H14BrN3O3. The molecule has 2 aromatic carbocycles. The van der Waals surface area contributed by atoms with Gasteiger partial charge in [-0.05, 0) is 30.7 Å². The van der Waals surface area contributed by atoms with E-state index in [1.165, 1.54) is 12.1 Å². The number of ether oxygens (including phenoxy) is 1. The van der Waals surface area contributed by atoms with Crippen molar-refractivity contribution in [3.05, 3.63) is 62.1 Å². The monoisotopic (exact) mass is 351 g/mol. The molecule has 0 heterocycles. The second-order valence-corrected chi connectivity index (χ2v) is 5.36. The fraction of sp³-hybridized carbons (Fsp3) is 0.143. The number of benzene rings is 2. The Morgan fingerprint density at radius 2 is 2.10 bits per heavy atom. The van der Waals surface area contributed by atoms with Crippen molar-refractivity contribution in [1.82, 2.24) is 0 Å². The number of hydrogen-bond acceptors (Lipinski definition) is 5. The number of aryl methyl sites for hydroxylation is 1. The van der Waals surface area contributed by atoms with Crippen molar-refractivity contribution in [2.45, 2.75) is 13.5 Å². The van der Waals surface area contributed by atoms with Gasteiger partial charge in [-0.15, -0.1) is 0 Å². The Balaban J connectivity index is 2.24. The van der Waals surface area contributed by atoms with Crippen LogP contribution in [-0.2, 0) is 6.61 Å². The number of halogens is 1. The van der Waals surface area contributed by atoms with E-state index in [0.29, 0.717) is 17.0 Å². The summed E-state index contributed by atoms with van der Waals surface area (Å²) in [5.74, 6) is 6.12. The molecule has 0 aromatic heterocycles. The molecule has 0 radical (unpaired) electrons. The third kappa shape index (κ3) is 3.71. The van der Waals surface area contributed by atoms with E-state index < -0.39 is 4.92 Å². The molecule has 0 saturated carbocycles. The van der Waals surface area contributed by atoms with Crippen molar-refractivity contribution in [2.75, 3.05) is 5.43 Å². The molecule has 0 unspecified atom stereocenters. The van der Waals surface area contributed by atoms with E-state index in [1.807, 2.05) is 25.1 Å². The van der Waals surface area contributed by atoms with Crippen molar-refractivity contribution < 1.29 is 9.66 Å². The zero-order valence-electron chi connectivity index (χ0n) is 11.3. The minimum absolute atomic E-state index is 0.00133. The zero-order valence-corrected chi connectivity index (χ0v) is 12.9. The first-order valence-electron chi connectivity index (χ1n) is 6.14. The molecule has 0 saturated heterocycles. The van der Waals surface area contributed by atoms with Crippen LogP contribution in [0.25, 0.3) is 0 Å². The van der Waals surface area contributed by atoms with Crippen molar-refractivity contribution in [1.29, 1.82) is 0 Å². The molecule has 0 aliphatic carbocycles. The first kappa shape index (κ1) is 15.3. The van der Waals surface area contributed by atoms with Crippen LogP contribution < -0.4 is 16.0 Å². The largest absolute Gasteiger partial charge is 0.489 e. The number of rotatable bonds is 5. The number of nitrogens with one attached hydrogen (secondary N) is 1. The first-order chi connectivity index (χ1) is 10.0. The molecule has 0 amide bonds. The van der Waals surface area contributed by atoms with Crippen LogP contribution in [-0.4, -0.2) is 4.92 Å². The second kappa shape index (κ2) is 6.55. The van der Waals surface area contributed by atoms with E-state index in [9.17, 15) is 10.1 Å². The van der Waals surface area contributed by atoms with Gasteiger partial charge in [0.1, 0.15) is 12.4 Å². The molecular weight excluding hydrogens is 338 g/mol. The number of nitrogen functional groups attached to an aromatic ring is 1. The highest BCUT2D eigenvalue weighted by molar-refractivity contribution is 9.10. The Labute approximate surface area is 130 Å². The van der Waals surface area contributed by atoms with E-state index in [4.69, 9.17) is 10.6 Å². The lowest BCUT2D eigenvalue weighted by Crippen LogP contribution is -2.11. The van der Waals surface area contributed by atoms with Crippen molar-refractivity contribution in [2.24, 2.45) is 5.84 Å². The van der Waals surface area contributed by atoms with Crippen LogP contribution in [0.1, 0.15) is 11.1 Å². The number of nitrogens with zero attached hydrogens (tertiary/aromatic N) is 1. The van der Waals surface area contributed by atoms with Crippen LogP contribution >= 0.6 is 15.9 Å². The van der Waals surface area contributed by atoms with Crippen LogP contribution in [0.2, 0.25) is 0 Å². The standard InChI is InChI=1S/C14H14BrN3O3/c1-9-2-3-11(15)7-14(9)21-8-10-6-12(18(19)20)4-5-13(10)17-16/h2-7,17H,8,16H2,1H3. The van der Waals surface area contributed by atoms with Gasteiger partial charge in [-0.25, -0.2) is 0 Å².